The predicted molar refractivity (Wildman–Crippen MR) is 68.9 cm³/mol. The summed E-state index contributed by atoms with van der Waals surface area (Å²) < 4.78 is 0. The van der Waals surface area contributed by atoms with Crippen molar-refractivity contribution in [2.75, 3.05) is 0 Å². The van der Waals surface area contributed by atoms with E-state index in [1.54, 1.807) is 11.8 Å². The third-order valence-electron chi connectivity index (χ3n) is 2.52. The predicted octanol–water partition coefficient (Wildman–Crippen LogP) is 4.32. The summed E-state index contributed by atoms with van der Waals surface area (Å²) in [7, 11) is 0. The second-order valence-corrected chi connectivity index (χ2v) is 4.73. The highest BCUT2D eigenvalue weighted by molar-refractivity contribution is 7.99. The zero-order valence-electron chi connectivity index (χ0n) is 8.68. The maximum absolute atomic E-state index is 3.29. The van der Waals surface area contributed by atoms with E-state index >= 15 is 0 Å². The molecule has 0 unspecified atom stereocenters. The molecular weight excluding hydrogens is 214 g/mol. The molecular formula is C14H11NS. The van der Waals surface area contributed by atoms with E-state index in [1.807, 2.05) is 12.3 Å². The molecule has 3 aromatic rings. The van der Waals surface area contributed by atoms with E-state index in [1.165, 1.54) is 20.7 Å². The smallest absolute Gasteiger partial charge is 0.0595 e. The van der Waals surface area contributed by atoms with Crippen LogP contribution >= 0.6 is 11.8 Å². The quantitative estimate of drug-likeness (QED) is 0.686. The Hall–Kier alpha value is -1.67. The van der Waals surface area contributed by atoms with Crippen LogP contribution in [-0.4, -0.2) is 4.98 Å². The van der Waals surface area contributed by atoms with Crippen molar-refractivity contribution in [3.8, 4) is 0 Å². The summed E-state index contributed by atoms with van der Waals surface area (Å²) in [4.78, 5) is 5.83. The van der Waals surface area contributed by atoms with Crippen molar-refractivity contribution in [1.29, 1.82) is 0 Å². The first kappa shape index (κ1) is 9.55. The normalized spacial score (nSPS) is 10.8. The van der Waals surface area contributed by atoms with Crippen LogP contribution in [0.3, 0.4) is 0 Å². The molecule has 0 fully saturated rings. The van der Waals surface area contributed by atoms with Crippen LogP contribution in [0.15, 0.2) is 70.6 Å². The number of H-pyrrole nitrogens is 1. The van der Waals surface area contributed by atoms with E-state index in [9.17, 15) is 0 Å². The zero-order chi connectivity index (χ0) is 10.8. The lowest BCUT2D eigenvalue weighted by molar-refractivity contribution is 1.38. The molecule has 0 aliphatic rings. The molecule has 0 atom stereocenters. The molecule has 16 heavy (non-hydrogen) atoms. The Labute approximate surface area is 98.5 Å². The molecule has 1 aromatic heterocycles. The average molecular weight is 225 g/mol. The van der Waals surface area contributed by atoms with Gasteiger partial charge in [-0.1, -0.05) is 42.1 Å². The summed E-state index contributed by atoms with van der Waals surface area (Å²) in [5.74, 6) is 0. The molecule has 2 heteroatoms. The van der Waals surface area contributed by atoms with Crippen molar-refractivity contribution >= 4 is 22.7 Å². The van der Waals surface area contributed by atoms with E-state index in [0.29, 0.717) is 0 Å². The SMILES string of the molecule is c1ccc(Sc2cccc3cc[nH]c23)cc1. The van der Waals surface area contributed by atoms with Gasteiger partial charge in [-0.2, -0.15) is 0 Å². The minimum absolute atomic E-state index is 1.22. The molecule has 3 rings (SSSR count). The maximum Gasteiger partial charge on any atom is 0.0595 e. The number of hydrogen-bond donors (Lipinski definition) is 1. The maximum atomic E-state index is 3.29. The largest absolute Gasteiger partial charge is 0.360 e. The summed E-state index contributed by atoms with van der Waals surface area (Å²) in [6, 6.07) is 18.9. The van der Waals surface area contributed by atoms with E-state index in [-0.39, 0.29) is 0 Å². The van der Waals surface area contributed by atoms with Gasteiger partial charge in [-0.3, -0.25) is 0 Å². The molecule has 0 saturated heterocycles. The number of benzene rings is 2. The highest BCUT2D eigenvalue weighted by Crippen LogP contribution is 2.32. The van der Waals surface area contributed by atoms with Gasteiger partial charge >= 0.3 is 0 Å². The highest BCUT2D eigenvalue weighted by atomic mass is 32.2. The summed E-state index contributed by atoms with van der Waals surface area (Å²) in [6.45, 7) is 0. The number of nitrogens with one attached hydrogen (secondary N) is 1. The molecule has 0 spiro atoms. The number of hydrogen-bond acceptors (Lipinski definition) is 1. The summed E-state index contributed by atoms with van der Waals surface area (Å²) in [5, 5.41) is 1.26. The lowest BCUT2D eigenvalue weighted by Crippen LogP contribution is -1.76. The highest BCUT2D eigenvalue weighted by Gasteiger charge is 2.02. The van der Waals surface area contributed by atoms with Crippen molar-refractivity contribution in [3.05, 3.63) is 60.8 Å². The third kappa shape index (κ3) is 1.72. The minimum atomic E-state index is 1.22. The van der Waals surface area contributed by atoms with Crippen LogP contribution in [0.5, 0.6) is 0 Å². The van der Waals surface area contributed by atoms with Gasteiger partial charge in [0, 0.05) is 21.4 Å². The molecule has 0 radical (unpaired) electrons. The van der Waals surface area contributed by atoms with Crippen LogP contribution < -0.4 is 0 Å². The third-order valence-corrected chi connectivity index (χ3v) is 3.59. The van der Waals surface area contributed by atoms with Gasteiger partial charge in [0.2, 0.25) is 0 Å². The first-order valence-corrected chi connectivity index (χ1v) is 6.04. The number of para-hydroxylation sites is 1. The summed E-state index contributed by atoms with van der Waals surface area (Å²) in [5.41, 5.74) is 1.22. The van der Waals surface area contributed by atoms with Crippen molar-refractivity contribution in [2.45, 2.75) is 9.79 Å². The first-order chi connectivity index (χ1) is 7.93. The van der Waals surface area contributed by atoms with Crippen LogP contribution in [0, 0.1) is 0 Å². The Morgan fingerprint density at radius 2 is 1.69 bits per heavy atom. The van der Waals surface area contributed by atoms with Gasteiger partial charge in [-0.05, 0) is 24.3 Å². The van der Waals surface area contributed by atoms with Crippen molar-refractivity contribution in [3.63, 3.8) is 0 Å². The van der Waals surface area contributed by atoms with E-state index in [2.05, 4.69) is 53.5 Å². The molecule has 1 nitrogen and oxygen atoms in total. The monoisotopic (exact) mass is 225 g/mol. The van der Waals surface area contributed by atoms with E-state index < -0.39 is 0 Å². The number of aromatic amines is 1. The Morgan fingerprint density at radius 1 is 0.812 bits per heavy atom. The number of rotatable bonds is 2. The Balaban J connectivity index is 2.04. The minimum Gasteiger partial charge on any atom is -0.360 e. The van der Waals surface area contributed by atoms with Gasteiger partial charge in [0.15, 0.2) is 0 Å². The molecule has 1 N–H and O–H groups in total. The Kier molecular flexibility index (Phi) is 2.43. The molecule has 78 valence electrons. The van der Waals surface area contributed by atoms with Crippen LogP contribution in [-0.2, 0) is 0 Å². The van der Waals surface area contributed by atoms with Gasteiger partial charge in [-0.15, -0.1) is 0 Å². The Bertz CT molecular complexity index is 598. The molecule has 0 aliphatic heterocycles. The van der Waals surface area contributed by atoms with Gasteiger partial charge in [0.05, 0.1) is 5.52 Å². The molecule has 1 heterocycles. The second-order valence-electron chi connectivity index (χ2n) is 3.61. The standard InChI is InChI=1S/C14H11NS/c1-2-6-12(7-3-1)16-13-8-4-5-11-9-10-15-14(11)13/h1-10,15H. The van der Waals surface area contributed by atoms with E-state index in [0.717, 1.165) is 0 Å². The van der Waals surface area contributed by atoms with Crippen molar-refractivity contribution in [1.82, 2.24) is 4.98 Å². The van der Waals surface area contributed by atoms with Crippen LogP contribution in [0.2, 0.25) is 0 Å². The van der Waals surface area contributed by atoms with Crippen LogP contribution in [0.1, 0.15) is 0 Å². The first-order valence-electron chi connectivity index (χ1n) is 5.22. The van der Waals surface area contributed by atoms with Crippen molar-refractivity contribution < 1.29 is 0 Å². The molecule has 0 amide bonds. The van der Waals surface area contributed by atoms with E-state index in [4.69, 9.17) is 0 Å². The second kappa shape index (κ2) is 4.06. The fourth-order valence-corrected chi connectivity index (χ4v) is 2.73. The van der Waals surface area contributed by atoms with Gasteiger partial charge < -0.3 is 4.98 Å². The van der Waals surface area contributed by atoms with Gasteiger partial charge in [0.1, 0.15) is 0 Å². The number of aromatic nitrogens is 1. The fourth-order valence-electron chi connectivity index (χ4n) is 1.76. The molecule has 2 aromatic carbocycles. The topological polar surface area (TPSA) is 15.8 Å². The summed E-state index contributed by atoms with van der Waals surface area (Å²) >= 11 is 1.79. The van der Waals surface area contributed by atoms with Gasteiger partial charge in [-0.25, -0.2) is 0 Å². The fraction of sp³-hybridized carbons (Fsp3) is 0. The van der Waals surface area contributed by atoms with Crippen LogP contribution in [0.25, 0.3) is 10.9 Å². The average Bonchev–Trinajstić information content (AvgIpc) is 2.80. The van der Waals surface area contributed by atoms with Crippen LogP contribution in [0.4, 0.5) is 0 Å². The van der Waals surface area contributed by atoms with Gasteiger partial charge in [0.25, 0.3) is 0 Å². The lowest BCUT2D eigenvalue weighted by atomic mass is 10.2. The number of fused-ring (bicyclic) bond motifs is 1. The molecule has 0 bridgehead atoms. The molecule has 0 saturated carbocycles. The summed E-state index contributed by atoms with van der Waals surface area (Å²) in [6.07, 6.45) is 1.99. The Morgan fingerprint density at radius 3 is 2.56 bits per heavy atom. The zero-order valence-corrected chi connectivity index (χ0v) is 9.50. The molecule has 0 aliphatic carbocycles. The lowest BCUT2D eigenvalue weighted by Gasteiger charge is -2.02. The van der Waals surface area contributed by atoms with Crippen molar-refractivity contribution in [2.24, 2.45) is 0 Å².